The molecule has 0 saturated heterocycles. The zero-order valence-corrected chi connectivity index (χ0v) is 15.8. The van der Waals surface area contributed by atoms with Gasteiger partial charge >= 0.3 is 0 Å². The molecule has 6 nitrogen and oxygen atoms in total. The Morgan fingerprint density at radius 1 is 1.19 bits per heavy atom. The van der Waals surface area contributed by atoms with Crippen LogP contribution in [0.5, 0.6) is 5.75 Å². The molecular formula is C19H22N2O4S. The number of aryl methyl sites for hydroxylation is 2. The van der Waals surface area contributed by atoms with Gasteiger partial charge in [-0.2, -0.15) is 0 Å². The average Bonchev–Trinajstić information content (AvgIpc) is 2.76. The number of fused-ring (bicyclic) bond motifs is 1. The van der Waals surface area contributed by atoms with E-state index in [1.165, 1.54) is 4.31 Å². The molecule has 7 heteroatoms. The molecule has 0 aromatic heterocycles. The number of amides is 1. The highest BCUT2D eigenvalue weighted by molar-refractivity contribution is 7.92. The maximum absolute atomic E-state index is 12.7. The second-order valence-electron chi connectivity index (χ2n) is 6.51. The number of carbonyl (C=O) groups excluding carboxylic acids is 1. The molecule has 1 amide bonds. The van der Waals surface area contributed by atoms with Gasteiger partial charge in [0, 0.05) is 18.7 Å². The number of nitrogens with one attached hydrogen (secondary N) is 1. The van der Waals surface area contributed by atoms with Gasteiger partial charge in [0.1, 0.15) is 5.75 Å². The molecule has 2 aromatic carbocycles. The molecule has 1 N–H and O–H groups in total. The zero-order chi connectivity index (χ0) is 18.9. The van der Waals surface area contributed by atoms with Gasteiger partial charge in [-0.05, 0) is 37.6 Å². The van der Waals surface area contributed by atoms with Crippen molar-refractivity contribution in [1.29, 1.82) is 0 Å². The fourth-order valence-corrected chi connectivity index (χ4v) is 3.97. The number of carbonyl (C=O) groups is 1. The zero-order valence-electron chi connectivity index (χ0n) is 15.0. The molecule has 26 heavy (non-hydrogen) atoms. The highest BCUT2D eigenvalue weighted by atomic mass is 32.2. The number of nitrogens with zero attached hydrogens (tertiary/aromatic N) is 1. The third kappa shape index (κ3) is 3.83. The molecular weight excluding hydrogens is 352 g/mol. The number of hydrogen-bond acceptors (Lipinski definition) is 4. The molecule has 0 saturated carbocycles. The van der Waals surface area contributed by atoms with Crippen LogP contribution in [0.2, 0.25) is 0 Å². The van der Waals surface area contributed by atoms with E-state index in [0.29, 0.717) is 11.4 Å². The topological polar surface area (TPSA) is 75.7 Å². The first kappa shape index (κ1) is 18.3. The highest BCUT2D eigenvalue weighted by Crippen LogP contribution is 2.34. The van der Waals surface area contributed by atoms with Crippen molar-refractivity contribution < 1.29 is 17.9 Å². The molecule has 0 radical (unpaired) electrons. The van der Waals surface area contributed by atoms with Crippen LogP contribution >= 0.6 is 0 Å². The van der Waals surface area contributed by atoms with E-state index in [0.717, 1.165) is 23.1 Å². The monoisotopic (exact) mass is 374 g/mol. The van der Waals surface area contributed by atoms with Crippen LogP contribution < -0.4 is 14.4 Å². The van der Waals surface area contributed by atoms with Crippen LogP contribution in [0.25, 0.3) is 0 Å². The van der Waals surface area contributed by atoms with Crippen molar-refractivity contribution in [3.8, 4) is 5.75 Å². The van der Waals surface area contributed by atoms with Gasteiger partial charge in [-0.15, -0.1) is 0 Å². The lowest BCUT2D eigenvalue weighted by atomic mass is 10.1. The molecule has 1 aliphatic heterocycles. The minimum absolute atomic E-state index is 0.181. The summed E-state index contributed by atoms with van der Waals surface area (Å²) in [7, 11) is -3.46. The van der Waals surface area contributed by atoms with Crippen molar-refractivity contribution in [2.24, 2.45) is 0 Å². The fraction of sp³-hybridized carbons (Fsp3) is 0.316. The van der Waals surface area contributed by atoms with Gasteiger partial charge in [-0.3, -0.25) is 9.10 Å². The number of benzene rings is 2. The number of para-hydroxylation sites is 2. The molecule has 0 bridgehead atoms. The Labute approximate surface area is 153 Å². The Balaban J connectivity index is 1.85. The van der Waals surface area contributed by atoms with Crippen LogP contribution in [-0.4, -0.2) is 33.2 Å². The summed E-state index contributed by atoms with van der Waals surface area (Å²) in [5.74, 6) is 0.0957. The largest absolute Gasteiger partial charge is 0.478 e. The number of ether oxygens (including phenoxy) is 1. The Kier molecular flexibility index (Phi) is 4.91. The summed E-state index contributed by atoms with van der Waals surface area (Å²) in [5.41, 5.74) is 3.26. The van der Waals surface area contributed by atoms with Gasteiger partial charge in [0.25, 0.3) is 5.91 Å². The molecule has 0 unspecified atom stereocenters. The van der Waals surface area contributed by atoms with Crippen LogP contribution in [0.1, 0.15) is 17.5 Å². The van der Waals surface area contributed by atoms with Crippen molar-refractivity contribution in [1.82, 2.24) is 0 Å². The minimum atomic E-state index is -3.46. The predicted molar refractivity (Wildman–Crippen MR) is 102 cm³/mol. The van der Waals surface area contributed by atoms with Gasteiger partial charge in [0.15, 0.2) is 6.10 Å². The molecule has 1 heterocycles. The molecule has 0 aliphatic carbocycles. The number of hydrogen-bond donors (Lipinski definition) is 1. The van der Waals surface area contributed by atoms with Crippen molar-refractivity contribution in [3.05, 3.63) is 53.6 Å². The summed E-state index contributed by atoms with van der Waals surface area (Å²) >= 11 is 0. The smallest absolute Gasteiger partial charge is 0.265 e. The molecule has 1 atom stereocenters. The summed E-state index contributed by atoms with van der Waals surface area (Å²) in [6.45, 7) is 4.10. The van der Waals surface area contributed by atoms with Crippen LogP contribution in [0.4, 0.5) is 11.4 Å². The number of sulfonamides is 1. The molecule has 3 rings (SSSR count). The normalized spacial score (nSPS) is 17.0. The van der Waals surface area contributed by atoms with E-state index >= 15 is 0 Å². The van der Waals surface area contributed by atoms with Gasteiger partial charge in [0.2, 0.25) is 10.0 Å². The Morgan fingerprint density at radius 2 is 1.92 bits per heavy atom. The van der Waals surface area contributed by atoms with E-state index in [1.54, 1.807) is 24.3 Å². The third-order valence-corrected chi connectivity index (χ3v) is 5.51. The standard InChI is InChI=1S/C19H22N2O4S/c1-13-8-9-15(14(2)12-13)20-19(22)18-10-11-21(26(3,23)24)16-6-4-5-7-17(16)25-18/h4-9,12,18H,10-11H2,1-3H3,(H,20,22)/t18-/m0/s1. The maximum Gasteiger partial charge on any atom is 0.265 e. The second-order valence-corrected chi connectivity index (χ2v) is 8.41. The third-order valence-electron chi connectivity index (χ3n) is 4.33. The van der Waals surface area contributed by atoms with Crippen molar-refractivity contribution >= 4 is 27.3 Å². The van der Waals surface area contributed by atoms with Gasteiger partial charge in [-0.1, -0.05) is 29.8 Å². The lowest BCUT2D eigenvalue weighted by molar-refractivity contribution is -0.122. The van der Waals surface area contributed by atoms with E-state index in [1.807, 2.05) is 32.0 Å². The van der Waals surface area contributed by atoms with E-state index < -0.39 is 16.1 Å². The molecule has 1 aliphatic rings. The fourth-order valence-electron chi connectivity index (χ4n) is 3.03. The predicted octanol–water partition coefficient (Wildman–Crippen LogP) is 2.86. The van der Waals surface area contributed by atoms with E-state index in [2.05, 4.69) is 5.32 Å². The van der Waals surface area contributed by atoms with Crippen LogP contribution in [0.3, 0.4) is 0 Å². The molecule has 2 aromatic rings. The first-order valence-electron chi connectivity index (χ1n) is 8.37. The van der Waals surface area contributed by atoms with Crippen molar-refractivity contribution in [2.45, 2.75) is 26.4 Å². The summed E-state index contributed by atoms with van der Waals surface area (Å²) < 4.78 is 31.4. The van der Waals surface area contributed by atoms with Gasteiger partial charge in [0.05, 0.1) is 11.9 Å². The minimum Gasteiger partial charge on any atom is -0.478 e. The maximum atomic E-state index is 12.7. The van der Waals surface area contributed by atoms with Crippen LogP contribution in [-0.2, 0) is 14.8 Å². The molecule has 0 spiro atoms. The van der Waals surface area contributed by atoms with E-state index in [4.69, 9.17) is 4.74 Å². The summed E-state index contributed by atoms with van der Waals surface area (Å²) in [4.78, 5) is 12.7. The average molecular weight is 374 g/mol. The highest BCUT2D eigenvalue weighted by Gasteiger charge is 2.31. The Hall–Kier alpha value is -2.54. The van der Waals surface area contributed by atoms with E-state index in [9.17, 15) is 13.2 Å². The lowest BCUT2D eigenvalue weighted by Gasteiger charge is -2.20. The van der Waals surface area contributed by atoms with Crippen molar-refractivity contribution in [2.75, 3.05) is 22.4 Å². The lowest BCUT2D eigenvalue weighted by Crippen LogP contribution is -2.36. The van der Waals surface area contributed by atoms with Crippen LogP contribution in [0, 0.1) is 13.8 Å². The first-order valence-corrected chi connectivity index (χ1v) is 10.2. The summed E-state index contributed by atoms with van der Waals surface area (Å²) in [6, 6.07) is 12.6. The summed E-state index contributed by atoms with van der Waals surface area (Å²) in [6.07, 6.45) is 0.641. The quantitative estimate of drug-likeness (QED) is 0.896. The second kappa shape index (κ2) is 6.99. The SMILES string of the molecule is Cc1ccc(NC(=O)[C@@H]2CCN(S(C)(=O)=O)c3ccccc3O2)c(C)c1. The Bertz CT molecular complexity index is 940. The Morgan fingerprint density at radius 3 is 2.62 bits per heavy atom. The summed E-state index contributed by atoms with van der Waals surface area (Å²) in [5, 5.41) is 2.89. The molecule has 0 fully saturated rings. The van der Waals surface area contributed by atoms with Crippen molar-refractivity contribution in [3.63, 3.8) is 0 Å². The first-order chi connectivity index (χ1) is 12.3. The van der Waals surface area contributed by atoms with Gasteiger partial charge in [-0.25, -0.2) is 8.42 Å². The van der Waals surface area contributed by atoms with Gasteiger partial charge < -0.3 is 10.1 Å². The van der Waals surface area contributed by atoms with E-state index in [-0.39, 0.29) is 18.9 Å². The van der Waals surface area contributed by atoms with Crippen LogP contribution in [0.15, 0.2) is 42.5 Å². The number of anilines is 2. The molecule has 138 valence electrons. The number of rotatable bonds is 3.